The zero-order valence-corrected chi connectivity index (χ0v) is 26.3. The van der Waals surface area contributed by atoms with E-state index in [1.807, 2.05) is 42.3 Å². The summed E-state index contributed by atoms with van der Waals surface area (Å²) in [7, 11) is 25.5. The standard InChI is InChI=1S/C9H13NO.S16/c1-10(7-8-11)9-5-3-2-4-6-9;1-3-5-7-9-11-13-15-16-14-12-10-8-6-4-2/h2-6,11H,7-8H2,1H3;. The maximum absolute atomic E-state index is 8.66. The fraction of sp³-hybridized carbons (Fsp3) is 0.333. The van der Waals surface area contributed by atoms with Crippen LogP contribution in [0.1, 0.15) is 0 Å². The lowest BCUT2D eigenvalue weighted by Crippen LogP contribution is -2.20. The van der Waals surface area contributed by atoms with Gasteiger partial charge in [0, 0.05) is 166 Å². The minimum atomic E-state index is 0.200. The molecule has 0 saturated heterocycles. The number of hydrogen-bond acceptors (Lipinski definition) is 4. The molecule has 1 aromatic carbocycles. The third kappa shape index (κ3) is 21.5. The van der Waals surface area contributed by atoms with Crippen LogP contribution in [0.2, 0.25) is 0 Å². The molecule has 0 aromatic heterocycles. The molecule has 0 aliphatic rings. The first-order valence-electron chi connectivity index (χ1n) is 6.21. The van der Waals surface area contributed by atoms with Gasteiger partial charge < -0.3 is 10.0 Å². The smallest absolute Gasteiger partial charge is 0.0606 e. The molecule has 0 bridgehead atoms. The summed E-state index contributed by atoms with van der Waals surface area (Å²) >= 11 is 9.46. The van der Waals surface area contributed by atoms with Gasteiger partial charge in [-0.15, -0.1) is 0 Å². The van der Waals surface area contributed by atoms with Gasteiger partial charge >= 0.3 is 0 Å². The summed E-state index contributed by atoms with van der Waals surface area (Å²) in [6.07, 6.45) is 0. The van der Waals surface area contributed by atoms with E-state index in [0.717, 1.165) is 5.69 Å². The Morgan fingerprint density at radius 1 is 0.704 bits per heavy atom. The lowest BCUT2D eigenvalue weighted by atomic mass is 10.3. The highest BCUT2D eigenvalue weighted by Gasteiger charge is 1.95. The molecule has 0 atom stereocenters. The van der Waals surface area contributed by atoms with Crippen molar-refractivity contribution in [2.45, 2.75) is 0 Å². The third-order valence-corrected chi connectivity index (χ3v) is 30.9. The second kappa shape index (κ2) is 24.8. The largest absolute Gasteiger partial charge is 0.395 e. The van der Waals surface area contributed by atoms with Crippen molar-refractivity contribution in [3.05, 3.63) is 30.3 Å². The number of rotatable bonds is 3. The summed E-state index contributed by atoms with van der Waals surface area (Å²) in [5.41, 5.74) is 1.14. The highest BCUT2D eigenvalue weighted by atomic mass is 33.5. The molecule has 1 N–H and O–H groups in total. The van der Waals surface area contributed by atoms with Gasteiger partial charge in [0.1, 0.15) is 0 Å². The summed E-state index contributed by atoms with van der Waals surface area (Å²) in [6.45, 7) is 0.884. The summed E-state index contributed by atoms with van der Waals surface area (Å²) in [5.74, 6) is 0. The Kier molecular flexibility index (Phi) is 27.1. The van der Waals surface area contributed by atoms with E-state index in [0.29, 0.717) is 6.54 Å². The number of hydrogen-bond donors (Lipinski definition) is 1. The van der Waals surface area contributed by atoms with Crippen LogP contribution in [-0.4, -0.2) is 25.3 Å². The topological polar surface area (TPSA) is 23.5 Å². The number of aliphatic hydroxyl groups is 1. The zero-order chi connectivity index (χ0) is 20.0. The number of benzene rings is 1. The Morgan fingerprint density at radius 2 is 1.07 bits per heavy atom. The van der Waals surface area contributed by atoms with Crippen molar-refractivity contribution >= 4 is 152 Å². The molecule has 0 fully saturated rings. The first-order chi connectivity index (χ1) is 13.3. The molecule has 0 aliphatic carbocycles. The van der Waals surface area contributed by atoms with E-state index in [1.165, 1.54) is 17.8 Å². The van der Waals surface area contributed by atoms with E-state index in [4.69, 9.17) is 27.5 Å². The van der Waals surface area contributed by atoms with Gasteiger partial charge in [0.15, 0.2) is 0 Å². The number of para-hydroxylation sites is 1. The first kappa shape index (κ1) is 29.5. The molecular formula is C9H13NOS16. The lowest BCUT2D eigenvalue weighted by Gasteiger charge is -2.17. The van der Waals surface area contributed by atoms with Crippen molar-refractivity contribution in [2.24, 2.45) is 0 Å². The first-order valence-corrected chi connectivity index (χ1v) is 26.2. The fourth-order valence-corrected chi connectivity index (χ4v) is 34.0. The summed E-state index contributed by atoms with van der Waals surface area (Å²) in [5, 5.41) is 8.66. The van der Waals surface area contributed by atoms with Crippen LogP contribution >= 0.6 is 0 Å². The fourth-order valence-electron chi connectivity index (χ4n) is 1.10. The number of aliphatic hydroxyl groups excluding tert-OH is 1. The van der Waals surface area contributed by atoms with E-state index >= 15 is 0 Å². The van der Waals surface area contributed by atoms with Crippen molar-refractivity contribution in [3.8, 4) is 0 Å². The Hall–Kier alpha value is 2.50. The van der Waals surface area contributed by atoms with Gasteiger partial charge in [-0.25, -0.2) is 0 Å². The van der Waals surface area contributed by atoms with Gasteiger partial charge in [0.25, 0.3) is 0 Å². The number of nitrogens with zero attached hydrogens (tertiary/aromatic N) is 1. The molecule has 156 valence electrons. The minimum absolute atomic E-state index is 0.200. The molecule has 0 aliphatic heterocycles. The van der Waals surface area contributed by atoms with Gasteiger partial charge in [-0.2, -0.15) is 0 Å². The second-order valence-corrected chi connectivity index (χ2v) is 28.2. The molecule has 0 amide bonds. The van der Waals surface area contributed by atoms with Gasteiger partial charge in [-0.3, -0.25) is 0 Å². The summed E-state index contributed by atoms with van der Waals surface area (Å²) in [4.78, 5) is 2.01. The average Bonchev–Trinajstić information content (AvgIpc) is 2.70. The molecule has 18 heteroatoms. The maximum Gasteiger partial charge on any atom is 0.0606 e. The van der Waals surface area contributed by atoms with E-state index in [1.54, 1.807) is 107 Å². The lowest BCUT2D eigenvalue weighted by molar-refractivity contribution is 0.304. The van der Waals surface area contributed by atoms with Crippen molar-refractivity contribution in [2.75, 3.05) is 25.1 Å². The molecule has 0 radical (unpaired) electrons. The minimum Gasteiger partial charge on any atom is -0.395 e. The van der Waals surface area contributed by atoms with Gasteiger partial charge in [0.05, 0.1) is 6.61 Å². The van der Waals surface area contributed by atoms with Crippen LogP contribution in [0.15, 0.2) is 30.3 Å². The Morgan fingerprint density at radius 3 is 1.41 bits per heavy atom. The average molecular weight is 664 g/mol. The monoisotopic (exact) mass is 663 g/mol. The maximum atomic E-state index is 8.66. The molecule has 0 spiro atoms. The Labute approximate surface area is 209 Å². The molecular weight excluding hydrogens is 651 g/mol. The van der Waals surface area contributed by atoms with Crippen LogP contribution in [-0.2, 0) is 147 Å². The van der Waals surface area contributed by atoms with Crippen LogP contribution in [0.3, 0.4) is 0 Å². The molecule has 0 unspecified atom stereocenters. The van der Waals surface area contributed by atoms with E-state index < -0.39 is 0 Å². The Bertz CT molecular complexity index is 1070. The predicted molar refractivity (Wildman–Crippen MR) is 165 cm³/mol. The van der Waals surface area contributed by atoms with Crippen LogP contribution in [0, 0.1) is 0 Å². The van der Waals surface area contributed by atoms with Crippen LogP contribution in [0.25, 0.3) is 0 Å². The summed E-state index contributed by atoms with van der Waals surface area (Å²) < 4.78 is 0. The highest BCUT2D eigenvalue weighted by molar-refractivity contribution is 8.77. The summed E-state index contributed by atoms with van der Waals surface area (Å²) in [6, 6.07) is 10.0. The highest BCUT2D eigenvalue weighted by Crippen LogP contribution is 2.09. The molecule has 0 heterocycles. The van der Waals surface area contributed by atoms with Crippen molar-refractivity contribution < 1.29 is 5.11 Å². The van der Waals surface area contributed by atoms with Gasteiger partial charge in [-0.1, -0.05) is 18.2 Å². The van der Waals surface area contributed by atoms with Crippen LogP contribution in [0.5, 0.6) is 0 Å². The quantitative estimate of drug-likeness (QED) is 0.524. The van der Waals surface area contributed by atoms with Crippen molar-refractivity contribution in [1.29, 1.82) is 0 Å². The normalized spacial score (nSPS) is 8.22. The molecule has 27 heavy (non-hydrogen) atoms. The van der Waals surface area contributed by atoms with E-state index in [9.17, 15) is 0 Å². The SMILES string of the molecule is CN(CCO)c1ccccc1.S=S=S=S=S=S=S=S=S=S=S=S=S=S=S=S. The Balaban J connectivity index is 0.000000533. The van der Waals surface area contributed by atoms with Crippen LogP contribution in [0.4, 0.5) is 5.69 Å². The molecule has 1 aromatic rings. The third-order valence-electron chi connectivity index (χ3n) is 1.99. The van der Waals surface area contributed by atoms with Gasteiger partial charge in [-0.05, 0) is 12.1 Å². The molecule has 1 rings (SSSR count). The number of likely N-dealkylation sites (N-methyl/N-ethyl adjacent to an activating group) is 1. The van der Waals surface area contributed by atoms with Crippen molar-refractivity contribution in [3.63, 3.8) is 0 Å². The van der Waals surface area contributed by atoms with Crippen LogP contribution < -0.4 is 4.90 Å². The second-order valence-electron chi connectivity index (χ2n) is 3.43. The number of anilines is 1. The molecule has 0 saturated carbocycles. The van der Waals surface area contributed by atoms with E-state index in [2.05, 4.69) is 0 Å². The zero-order valence-electron chi connectivity index (χ0n) is 13.2. The van der Waals surface area contributed by atoms with Gasteiger partial charge in [0.2, 0.25) is 0 Å². The molecule has 2 nitrogen and oxygen atoms in total. The predicted octanol–water partition coefficient (Wildman–Crippen LogP) is 1.08. The van der Waals surface area contributed by atoms with Crippen molar-refractivity contribution in [1.82, 2.24) is 0 Å². The van der Waals surface area contributed by atoms with E-state index in [-0.39, 0.29) is 6.61 Å².